The molecule has 30 heavy (non-hydrogen) atoms. The van der Waals surface area contributed by atoms with Gasteiger partial charge in [0.1, 0.15) is 17.4 Å². The molecule has 1 aliphatic heterocycles. The minimum Gasteiger partial charge on any atom is -0.453 e. The van der Waals surface area contributed by atoms with Gasteiger partial charge in [-0.05, 0) is 51.0 Å². The van der Waals surface area contributed by atoms with Gasteiger partial charge in [-0.25, -0.2) is 14.2 Å². The van der Waals surface area contributed by atoms with E-state index >= 15 is 0 Å². The minimum absolute atomic E-state index is 0.00710. The van der Waals surface area contributed by atoms with Gasteiger partial charge in [0, 0.05) is 31.0 Å². The van der Waals surface area contributed by atoms with Crippen molar-refractivity contribution >= 4 is 17.4 Å². The molecule has 1 amide bonds. The van der Waals surface area contributed by atoms with E-state index in [1.165, 1.54) is 24.4 Å². The van der Waals surface area contributed by atoms with Crippen LogP contribution in [0.15, 0.2) is 36.5 Å². The number of nitrogens with zero attached hydrogens (tertiary/aromatic N) is 3. The summed E-state index contributed by atoms with van der Waals surface area (Å²) < 4.78 is 25.4. The summed E-state index contributed by atoms with van der Waals surface area (Å²) in [5.41, 5.74) is 6.74. The van der Waals surface area contributed by atoms with Crippen LogP contribution >= 0.6 is 0 Å². The second-order valence-corrected chi connectivity index (χ2v) is 7.84. The Kier molecular flexibility index (Phi) is 5.92. The van der Waals surface area contributed by atoms with Gasteiger partial charge in [0.15, 0.2) is 17.3 Å². The highest BCUT2D eigenvalue weighted by atomic mass is 19.1. The Bertz CT molecular complexity index is 1040. The zero-order chi connectivity index (χ0) is 21.9. The van der Waals surface area contributed by atoms with Crippen molar-refractivity contribution in [2.75, 3.05) is 18.8 Å². The Labute approximate surface area is 174 Å². The van der Waals surface area contributed by atoms with Crippen LogP contribution in [-0.2, 0) is 4.74 Å². The highest BCUT2D eigenvalue weighted by Gasteiger charge is 2.26. The van der Waals surface area contributed by atoms with Crippen molar-refractivity contribution in [3.63, 3.8) is 0 Å². The predicted octanol–water partition coefficient (Wildman–Crippen LogP) is 4.49. The molecule has 0 spiro atoms. The summed E-state index contributed by atoms with van der Waals surface area (Å²) in [5, 5.41) is 9.53. The molecule has 8 heteroatoms. The number of amides is 1. The van der Waals surface area contributed by atoms with E-state index < -0.39 is 17.5 Å². The molecule has 3 rings (SSSR count). The minimum atomic E-state index is -0.606. The maximum atomic E-state index is 14.2. The molecule has 0 atom stereocenters. The number of carbonyl (C=O) groups is 1. The zero-order valence-electron chi connectivity index (χ0n) is 17.1. The largest absolute Gasteiger partial charge is 0.453 e. The van der Waals surface area contributed by atoms with Crippen molar-refractivity contribution in [2.24, 2.45) is 0 Å². The Morgan fingerprint density at radius 3 is 2.67 bits per heavy atom. The SMILES string of the molecule is CC(C)(C)OC(=O)N1CC=C(c2c(Oc3ccc(N)cc3F)ccnc2C#N)CC1. The monoisotopic (exact) mass is 410 g/mol. The van der Waals surface area contributed by atoms with E-state index in [9.17, 15) is 14.4 Å². The number of halogens is 1. The molecular weight excluding hydrogens is 387 g/mol. The van der Waals surface area contributed by atoms with Crippen LogP contribution in [0.3, 0.4) is 0 Å². The average Bonchev–Trinajstić information content (AvgIpc) is 2.68. The van der Waals surface area contributed by atoms with Crippen LogP contribution < -0.4 is 10.5 Å². The lowest BCUT2D eigenvalue weighted by atomic mass is 9.97. The molecule has 1 aromatic carbocycles. The number of aromatic nitrogens is 1. The summed E-state index contributed by atoms with van der Waals surface area (Å²) in [4.78, 5) is 18.0. The summed E-state index contributed by atoms with van der Waals surface area (Å²) in [6.45, 7) is 6.16. The summed E-state index contributed by atoms with van der Waals surface area (Å²) >= 11 is 0. The van der Waals surface area contributed by atoms with Crippen LogP contribution in [0.5, 0.6) is 11.5 Å². The van der Waals surface area contributed by atoms with E-state index in [1.807, 2.05) is 26.8 Å². The van der Waals surface area contributed by atoms with Gasteiger partial charge >= 0.3 is 6.09 Å². The Morgan fingerprint density at radius 2 is 2.07 bits per heavy atom. The quantitative estimate of drug-likeness (QED) is 0.748. The molecule has 0 bridgehead atoms. The average molecular weight is 410 g/mol. The number of anilines is 1. The molecule has 1 aromatic heterocycles. The normalized spacial score (nSPS) is 14.0. The van der Waals surface area contributed by atoms with Crippen molar-refractivity contribution < 1.29 is 18.7 Å². The molecule has 0 unspecified atom stereocenters. The zero-order valence-corrected chi connectivity index (χ0v) is 17.1. The third-order valence-corrected chi connectivity index (χ3v) is 4.38. The van der Waals surface area contributed by atoms with Gasteiger partial charge in [-0.2, -0.15) is 5.26 Å². The van der Waals surface area contributed by atoms with Gasteiger partial charge in [0.2, 0.25) is 0 Å². The van der Waals surface area contributed by atoms with Gasteiger partial charge in [-0.15, -0.1) is 0 Å². The summed E-state index contributed by atoms with van der Waals surface area (Å²) in [6, 6.07) is 7.76. The van der Waals surface area contributed by atoms with Crippen LogP contribution in [0.2, 0.25) is 0 Å². The summed E-state index contributed by atoms with van der Waals surface area (Å²) in [5.74, 6) is -0.306. The fraction of sp³-hybridized carbons (Fsp3) is 0.318. The van der Waals surface area contributed by atoms with Crippen LogP contribution in [0, 0.1) is 17.1 Å². The van der Waals surface area contributed by atoms with Gasteiger partial charge in [0.05, 0.1) is 5.56 Å². The number of pyridine rings is 1. The Balaban J connectivity index is 1.89. The molecule has 0 aliphatic carbocycles. The third kappa shape index (κ3) is 4.87. The lowest BCUT2D eigenvalue weighted by Gasteiger charge is -2.30. The van der Waals surface area contributed by atoms with Gasteiger partial charge in [-0.3, -0.25) is 0 Å². The molecular formula is C22H23FN4O3. The molecule has 1 aliphatic rings. The van der Waals surface area contributed by atoms with Crippen molar-refractivity contribution in [2.45, 2.75) is 32.8 Å². The number of hydrogen-bond donors (Lipinski definition) is 1. The fourth-order valence-corrected chi connectivity index (χ4v) is 3.03. The molecule has 0 saturated carbocycles. The standard InChI is InChI=1S/C22H23FN4O3/c1-22(2,3)30-21(28)27-10-7-14(8-11-27)20-17(13-24)26-9-6-19(20)29-18-5-4-15(25)12-16(18)23/h4-7,9,12H,8,10-11,25H2,1-3H3. The number of hydrogen-bond acceptors (Lipinski definition) is 6. The smallest absolute Gasteiger partial charge is 0.410 e. The topological polar surface area (TPSA) is 101 Å². The maximum Gasteiger partial charge on any atom is 0.410 e. The molecule has 2 N–H and O–H groups in total. The van der Waals surface area contributed by atoms with Crippen molar-refractivity contribution in [3.05, 3.63) is 53.6 Å². The highest BCUT2D eigenvalue weighted by Crippen LogP contribution is 2.36. The predicted molar refractivity (Wildman–Crippen MR) is 110 cm³/mol. The van der Waals surface area contributed by atoms with Gasteiger partial charge < -0.3 is 20.1 Å². The number of benzene rings is 1. The highest BCUT2D eigenvalue weighted by molar-refractivity contribution is 5.77. The second-order valence-electron chi connectivity index (χ2n) is 7.84. The van der Waals surface area contributed by atoms with Crippen LogP contribution in [0.4, 0.5) is 14.9 Å². The van der Waals surface area contributed by atoms with Crippen molar-refractivity contribution in [3.8, 4) is 17.6 Å². The van der Waals surface area contributed by atoms with Crippen LogP contribution in [0.1, 0.15) is 38.4 Å². The number of rotatable bonds is 3. The van der Waals surface area contributed by atoms with Gasteiger partial charge in [0.25, 0.3) is 0 Å². The van der Waals surface area contributed by atoms with E-state index in [2.05, 4.69) is 11.1 Å². The van der Waals surface area contributed by atoms with Crippen LogP contribution in [0.25, 0.3) is 5.57 Å². The van der Waals surface area contributed by atoms with Gasteiger partial charge in [-0.1, -0.05) is 6.08 Å². The van der Waals surface area contributed by atoms with E-state index in [-0.39, 0.29) is 17.1 Å². The number of nitrogens with two attached hydrogens (primary N) is 1. The first-order valence-electron chi connectivity index (χ1n) is 9.47. The van der Waals surface area contributed by atoms with E-state index in [0.717, 1.165) is 5.57 Å². The number of nitriles is 1. The van der Waals surface area contributed by atoms with E-state index in [0.29, 0.717) is 30.8 Å². The number of carbonyl (C=O) groups excluding carboxylic acids is 1. The molecule has 0 radical (unpaired) electrons. The second kappa shape index (κ2) is 8.41. The van der Waals surface area contributed by atoms with E-state index in [1.54, 1.807) is 11.0 Å². The lowest BCUT2D eigenvalue weighted by molar-refractivity contribution is 0.0270. The molecule has 0 fully saturated rings. The molecule has 156 valence electrons. The van der Waals surface area contributed by atoms with Crippen molar-refractivity contribution in [1.29, 1.82) is 5.26 Å². The fourth-order valence-electron chi connectivity index (χ4n) is 3.03. The van der Waals surface area contributed by atoms with E-state index in [4.69, 9.17) is 15.2 Å². The molecule has 7 nitrogen and oxygen atoms in total. The first-order valence-corrected chi connectivity index (χ1v) is 9.47. The first kappa shape index (κ1) is 21.1. The first-order chi connectivity index (χ1) is 14.2. The summed E-state index contributed by atoms with van der Waals surface area (Å²) in [7, 11) is 0. The summed E-state index contributed by atoms with van der Waals surface area (Å²) in [6.07, 6.45) is 3.34. The Hall–Kier alpha value is -3.60. The third-order valence-electron chi connectivity index (χ3n) is 4.38. The van der Waals surface area contributed by atoms with Crippen LogP contribution in [-0.4, -0.2) is 34.7 Å². The van der Waals surface area contributed by atoms with Crippen molar-refractivity contribution in [1.82, 2.24) is 9.88 Å². The number of ether oxygens (including phenoxy) is 2. The molecule has 2 heterocycles. The number of nitrogen functional groups attached to an aromatic ring is 1. The molecule has 0 saturated heterocycles. The lowest BCUT2D eigenvalue weighted by Crippen LogP contribution is -2.39. The molecule has 2 aromatic rings. The Morgan fingerprint density at radius 1 is 1.30 bits per heavy atom. The maximum absolute atomic E-state index is 14.2.